The Morgan fingerprint density at radius 1 is 1.31 bits per heavy atom. The summed E-state index contributed by atoms with van der Waals surface area (Å²) in [7, 11) is 0. The van der Waals surface area contributed by atoms with Gasteiger partial charge in [-0.25, -0.2) is 0 Å². The van der Waals surface area contributed by atoms with Crippen LogP contribution in [0.5, 0.6) is 0 Å². The van der Waals surface area contributed by atoms with Gasteiger partial charge >= 0.3 is 5.97 Å². The summed E-state index contributed by atoms with van der Waals surface area (Å²) in [5, 5.41) is 8.78. The first-order chi connectivity index (χ1) is 7.79. The monoisotopic (exact) mass is 220 g/mol. The van der Waals surface area contributed by atoms with E-state index in [2.05, 4.69) is 0 Å². The Morgan fingerprint density at radius 3 is 2.62 bits per heavy atom. The molecule has 0 amide bonds. The molecule has 1 aliphatic rings. The van der Waals surface area contributed by atoms with E-state index in [1.165, 1.54) is 0 Å². The molecule has 0 radical (unpaired) electrons. The highest BCUT2D eigenvalue weighted by Gasteiger charge is 2.16. The second-order valence-corrected chi connectivity index (χ2v) is 3.43. The predicted molar refractivity (Wildman–Crippen MR) is 56.2 cm³/mol. The van der Waals surface area contributed by atoms with E-state index < -0.39 is 0 Å². The molecule has 1 N–H and O–H groups in total. The van der Waals surface area contributed by atoms with Crippen molar-refractivity contribution in [3.63, 3.8) is 0 Å². The average Bonchev–Trinajstić information content (AvgIpc) is 2.96. The maximum atomic E-state index is 11.5. The molecule has 1 heterocycles. The van der Waals surface area contributed by atoms with E-state index in [1.54, 1.807) is 24.3 Å². The molecule has 4 heteroatoms. The zero-order chi connectivity index (χ0) is 11.4. The van der Waals surface area contributed by atoms with Crippen LogP contribution < -0.4 is 0 Å². The van der Waals surface area contributed by atoms with Crippen LogP contribution in [0.15, 0.2) is 40.9 Å². The van der Waals surface area contributed by atoms with Crippen molar-refractivity contribution in [3.05, 3.63) is 48.0 Å². The fourth-order valence-corrected chi connectivity index (χ4v) is 1.41. The van der Waals surface area contributed by atoms with Crippen molar-refractivity contribution in [1.82, 2.24) is 0 Å². The summed E-state index contributed by atoms with van der Waals surface area (Å²) < 4.78 is 10.2. The largest absolute Gasteiger partial charge is 0.460 e. The van der Waals surface area contributed by atoms with Crippen LogP contribution in [0.3, 0.4) is 0 Å². The Balaban J connectivity index is 1.85. The molecule has 1 aromatic heterocycles. The van der Waals surface area contributed by atoms with E-state index in [0.717, 1.165) is 0 Å². The highest BCUT2D eigenvalue weighted by molar-refractivity contribution is 5.77. The number of allylic oxidation sites excluding steroid dienone is 2. The van der Waals surface area contributed by atoms with Gasteiger partial charge in [0, 0.05) is 0 Å². The van der Waals surface area contributed by atoms with Crippen LogP contribution in [0.1, 0.15) is 11.5 Å². The molecular formula is C12H12O4. The van der Waals surface area contributed by atoms with Gasteiger partial charge in [-0.2, -0.15) is 0 Å². The molecule has 84 valence electrons. The molecule has 1 aromatic rings. The summed E-state index contributed by atoms with van der Waals surface area (Å²) in [6.07, 6.45) is 7.15. The van der Waals surface area contributed by atoms with Crippen molar-refractivity contribution in [2.45, 2.75) is 13.2 Å². The molecule has 0 unspecified atom stereocenters. The number of aliphatic hydroxyl groups is 1. The topological polar surface area (TPSA) is 59.7 Å². The maximum Gasteiger partial charge on any atom is 0.317 e. The lowest BCUT2D eigenvalue weighted by atomic mass is 10.2. The second-order valence-electron chi connectivity index (χ2n) is 3.43. The van der Waals surface area contributed by atoms with Gasteiger partial charge in [-0.05, 0) is 12.1 Å². The lowest BCUT2D eigenvalue weighted by Crippen LogP contribution is -2.12. The van der Waals surface area contributed by atoms with Crippen molar-refractivity contribution in [2.75, 3.05) is 0 Å². The maximum absolute atomic E-state index is 11.5. The van der Waals surface area contributed by atoms with Gasteiger partial charge in [0.05, 0.1) is 5.92 Å². The van der Waals surface area contributed by atoms with Crippen LogP contribution in [0, 0.1) is 5.92 Å². The molecular weight excluding hydrogens is 208 g/mol. The molecule has 0 aliphatic heterocycles. The summed E-state index contributed by atoms with van der Waals surface area (Å²) in [5.74, 6) is 0.411. The second kappa shape index (κ2) is 4.81. The Hall–Kier alpha value is -1.81. The number of rotatable bonds is 4. The van der Waals surface area contributed by atoms with Crippen LogP contribution in [-0.4, -0.2) is 11.1 Å². The SMILES string of the molecule is O=C(OCc1ccc(CO)o1)C1C=CC=C1. The van der Waals surface area contributed by atoms with Crippen molar-refractivity contribution in [2.24, 2.45) is 5.92 Å². The van der Waals surface area contributed by atoms with E-state index in [9.17, 15) is 4.79 Å². The van der Waals surface area contributed by atoms with Gasteiger partial charge in [0.15, 0.2) is 0 Å². The molecule has 4 nitrogen and oxygen atoms in total. The molecule has 0 aromatic carbocycles. The highest BCUT2D eigenvalue weighted by atomic mass is 16.5. The lowest BCUT2D eigenvalue weighted by Gasteiger charge is -2.05. The van der Waals surface area contributed by atoms with Gasteiger partial charge in [-0.3, -0.25) is 4.79 Å². The predicted octanol–water partition coefficient (Wildman–Crippen LogP) is 1.56. The molecule has 1 aliphatic carbocycles. The Bertz CT molecular complexity index is 416. The fourth-order valence-electron chi connectivity index (χ4n) is 1.41. The number of furan rings is 1. The summed E-state index contributed by atoms with van der Waals surface area (Å²) in [4.78, 5) is 11.5. The van der Waals surface area contributed by atoms with E-state index in [4.69, 9.17) is 14.3 Å². The first kappa shape index (κ1) is 10.7. The lowest BCUT2D eigenvalue weighted by molar-refractivity contribution is -0.147. The number of esters is 1. The molecule has 0 fully saturated rings. The molecule has 0 bridgehead atoms. The Morgan fingerprint density at radius 2 is 2.00 bits per heavy atom. The molecule has 16 heavy (non-hydrogen) atoms. The fraction of sp³-hybridized carbons (Fsp3) is 0.250. The van der Waals surface area contributed by atoms with Crippen LogP contribution in [0.2, 0.25) is 0 Å². The smallest absolute Gasteiger partial charge is 0.317 e. The van der Waals surface area contributed by atoms with E-state index in [-0.39, 0.29) is 25.1 Å². The summed E-state index contributed by atoms with van der Waals surface area (Å²) in [6, 6.07) is 3.33. The first-order valence-electron chi connectivity index (χ1n) is 4.99. The molecule has 0 saturated heterocycles. The number of hydrogen-bond donors (Lipinski definition) is 1. The molecule has 2 rings (SSSR count). The van der Waals surface area contributed by atoms with Gasteiger partial charge in [0.2, 0.25) is 0 Å². The van der Waals surface area contributed by atoms with Gasteiger partial charge in [0.25, 0.3) is 0 Å². The first-order valence-corrected chi connectivity index (χ1v) is 4.99. The van der Waals surface area contributed by atoms with Crippen LogP contribution in [-0.2, 0) is 22.7 Å². The third-order valence-corrected chi connectivity index (χ3v) is 2.25. The number of aliphatic hydroxyl groups excluding tert-OH is 1. The normalized spacial score (nSPS) is 14.6. The minimum absolute atomic E-state index is 0.0943. The van der Waals surface area contributed by atoms with E-state index in [0.29, 0.717) is 11.5 Å². The number of hydrogen-bond acceptors (Lipinski definition) is 4. The zero-order valence-electron chi connectivity index (χ0n) is 8.63. The van der Waals surface area contributed by atoms with Crippen molar-refractivity contribution in [3.8, 4) is 0 Å². The third kappa shape index (κ3) is 2.41. The summed E-state index contributed by atoms with van der Waals surface area (Å²) >= 11 is 0. The zero-order valence-corrected chi connectivity index (χ0v) is 8.63. The van der Waals surface area contributed by atoms with Gasteiger partial charge in [0.1, 0.15) is 24.7 Å². The minimum atomic E-state index is -0.299. The summed E-state index contributed by atoms with van der Waals surface area (Å²) in [6.45, 7) is -0.0565. The quantitative estimate of drug-likeness (QED) is 0.782. The van der Waals surface area contributed by atoms with Gasteiger partial charge in [-0.1, -0.05) is 24.3 Å². The Labute approximate surface area is 92.8 Å². The van der Waals surface area contributed by atoms with Crippen LogP contribution in [0.4, 0.5) is 0 Å². The standard InChI is InChI=1S/C12H12O4/c13-7-10-5-6-11(16-10)8-15-12(14)9-3-1-2-4-9/h1-6,9,13H,7-8H2. The van der Waals surface area contributed by atoms with E-state index in [1.807, 2.05) is 12.2 Å². The third-order valence-electron chi connectivity index (χ3n) is 2.25. The van der Waals surface area contributed by atoms with Crippen LogP contribution in [0.25, 0.3) is 0 Å². The average molecular weight is 220 g/mol. The van der Waals surface area contributed by atoms with Crippen molar-refractivity contribution in [1.29, 1.82) is 0 Å². The minimum Gasteiger partial charge on any atom is -0.460 e. The van der Waals surface area contributed by atoms with E-state index >= 15 is 0 Å². The highest BCUT2D eigenvalue weighted by Crippen LogP contribution is 2.13. The van der Waals surface area contributed by atoms with Crippen molar-refractivity contribution < 1.29 is 19.1 Å². The van der Waals surface area contributed by atoms with Gasteiger partial charge < -0.3 is 14.3 Å². The van der Waals surface area contributed by atoms with Gasteiger partial charge in [-0.15, -0.1) is 0 Å². The Kier molecular flexibility index (Phi) is 3.22. The number of carbonyl (C=O) groups is 1. The molecule has 0 spiro atoms. The molecule has 0 saturated carbocycles. The number of carbonyl (C=O) groups excluding carboxylic acids is 1. The van der Waals surface area contributed by atoms with Crippen LogP contribution >= 0.6 is 0 Å². The van der Waals surface area contributed by atoms with Crippen molar-refractivity contribution >= 4 is 5.97 Å². The molecule has 0 atom stereocenters. The summed E-state index contributed by atoms with van der Waals surface area (Å²) in [5.41, 5.74) is 0. The number of ether oxygens (including phenoxy) is 1.